The number of nitrogens with one attached hydrogen (secondary N) is 1. The molecule has 0 bridgehead atoms. The second kappa shape index (κ2) is 5.58. The van der Waals surface area contributed by atoms with E-state index in [2.05, 4.69) is 10.2 Å². The van der Waals surface area contributed by atoms with Crippen LogP contribution in [-0.4, -0.2) is 36.2 Å². The van der Waals surface area contributed by atoms with Gasteiger partial charge in [-0.05, 0) is 24.8 Å². The summed E-state index contributed by atoms with van der Waals surface area (Å²) in [7, 11) is 0. The Hall–Kier alpha value is -1.33. The number of halogens is 1. The molecule has 4 N–H and O–H groups in total. The molecule has 4 nitrogen and oxygen atoms in total. The first-order valence-electron chi connectivity index (χ1n) is 7.40. The van der Waals surface area contributed by atoms with E-state index in [-0.39, 0.29) is 17.5 Å². The molecule has 1 saturated heterocycles. The van der Waals surface area contributed by atoms with E-state index in [4.69, 9.17) is 5.73 Å². The number of nitrogens with zero attached hydrogens (tertiary/aromatic N) is 1. The zero-order valence-electron chi connectivity index (χ0n) is 11.6. The third kappa shape index (κ3) is 2.36. The highest BCUT2D eigenvalue weighted by Crippen LogP contribution is 2.45. The lowest BCUT2D eigenvalue weighted by Crippen LogP contribution is -2.47. The Bertz CT molecular complexity index is 484. The lowest BCUT2D eigenvalue weighted by molar-refractivity contribution is 0.0819. The van der Waals surface area contributed by atoms with Gasteiger partial charge >= 0.3 is 0 Å². The average Bonchev–Trinajstić information content (AvgIpc) is 2.42. The van der Waals surface area contributed by atoms with E-state index in [1.807, 2.05) is 0 Å². The molecule has 3 rings (SSSR count). The monoisotopic (exact) mass is 279 g/mol. The van der Waals surface area contributed by atoms with Gasteiger partial charge in [-0.25, -0.2) is 4.39 Å². The number of hydrogen-bond acceptors (Lipinski definition) is 4. The number of benzene rings is 1. The molecule has 5 heteroatoms. The third-order valence-electron chi connectivity index (χ3n) is 4.66. The molecule has 2 aliphatic rings. The fourth-order valence-corrected chi connectivity index (χ4v) is 3.30. The van der Waals surface area contributed by atoms with E-state index in [1.54, 1.807) is 6.07 Å². The Kier molecular flexibility index (Phi) is 3.81. The lowest BCUT2D eigenvalue weighted by atomic mass is 9.76. The van der Waals surface area contributed by atoms with Crippen LogP contribution in [0.25, 0.3) is 0 Å². The molecule has 1 aliphatic heterocycles. The van der Waals surface area contributed by atoms with Gasteiger partial charge in [0.25, 0.3) is 0 Å². The number of phenols is 1. The Morgan fingerprint density at radius 2 is 2.00 bits per heavy atom. The van der Waals surface area contributed by atoms with Crippen LogP contribution in [0.1, 0.15) is 30.9 Å². The van der Waals surface area contributed by atoms with Crippen molar-refractivity contribution in [1.82, 2.24) is 10.2 Å². The van der Waals surface area contributed by atoms with Gasteiger partial charge in [-0.3, -0.25) is 4.90 Å². The van der Waals surface area contributed by atoms with Gasteiger partial charge < -0.3 is 16.2 Å². The van der Waals surface area contributed by atoms with Gasteiger partial charge in [0.05, 0.1) is 0 Å². The van der Waals surface area contributed by atoms with Gasteiger partial charge in [-0.2, -0.15) is 0 Å². The van der Waals surface area contributed by atoms with Crippen molar-refractivity contribution in [3.8, 4) is 5.75 Å². The summed E-state index contributed by atoms with van der Waals surface area (Å²) >= 11 is 0. The Morgan fingerprint density at radius 3 is 2.60 bits per heavy atom. The van der Waals surface area contributed by atoms with Crippen LogP contribution in [0.15, 0.2) is 12.1 Å². The van der Waals surface area contributed by atoms with E-state index < -0.39 is 5.82 Å². The minimum atomic E-state index is -0.543. The largest absolute Gasteiger partial charge is 0.505 e. The summed E-state index contributed by atoms with van der Waals surface area (Å²) in [6.45, 7) is 3.83. The number of piperazine rings is 1. The fourth-order valence-electron chi connectivity index (χ4n) is 3.30. The van der Waals surface area contributed by atoms with Crippen LogP contribution in [0.4, 0.5) is 10.1 Å². The third-order valence-corrected chi connectivity index (χ3v) is 4.66. The molecule has 1 aromatic rings. The van der Waals surface area contributed by atoms with Crippen LogP contribution >= 0.6 is 0 Å². The van der Waals surface area contributed by atoms with Crippen LogP contribution in [0.3, 0.4) is 0 Å². The molecule has 1 aliphatic carbocycles. The maximum absolute atomic E-state index is 13.5. The second-order valence-corrected chi connectivity index (χ2v) is 5.82. The minimum Gasteiger partial charge on any atom is -0.505 e. The zero-order valence-corrected chi connectivity index (χ0v) is 11.6. The van der Waals surface area contributed by atoms with Gasteiger partial charge in [-0.1, -0.05) is 12.5 Å². The highest BCUT2D eigenvalue weighted by Gasteiger charge is 2.35. The Balaban J connectivity index is 1.94. The molecular formula is C15H22FN3O. The lowest BCUT2D eigenvalue weighted by Gasteiger charge is -2.43. The van der Waals surface area contributed by atoms with Gasteiger partial charge in [0, 0.05) is 37.8 Å². The topological polar surface area (TPSA) is 61.5 Å². The van der Waals surface area contributed by atoms with E-state index in [0.29, 0.717) is 5.92 Å². The number of rotatable bonds is 3. The standard InChI is InChI=1S/C15H22FN3O/c16-12-5-4-11(15(20)13(12)17)14(10-2-1-3-10)19-8-6-18-7-9-19/h4-5,10,14,18,20H,1-3,6-9,17H2/t14-/m0/s1. The molecular weight excluding hydrogens is 257 g/mol. The quantitative estimate of drug-likeness (QED) is 0.584. The molecule has 1 saturated carbocycles. The van der Waals surface area contributed by atoms with E-state index in [9.17, 15) is 9.50 Å². The summed E-state index contributed by atoms with van der Waals surface area (Å²) in [5.41, 5.74) is 6.32. The highest BCUT2D eigenvalue weighted by molar-refractivity contribution is 5.58. The van der Waals surface area contributed by atoms with Gasteiger partial charge in [-0.15, -0.1) is 0 Å². The van der Waals surface area contributed by atoms with Crippen molar-refractivity contribution < 1.29 is 9.50 Å². The van der Waals surface area contributed by atoms with Gasteiger partial charge in [0.2, 0.25) is 0 Å². The summed E-state index contributed by atoms with van der Waals surface area (Å²) in [6.07, 6.45) is 3.58. The number of phenolic OH excluding ortho intramolecular Hbond substituents is 1. The summed E-state index contributed by atoms with van der Waals surface area (Å²) in [4.78, 5) is 2.40. The molecule has 110 valence electrons. The van der Waals surface area contributed by atoms with E-state index in [1.165, 1.54) is 25.3 Å². The Labute approximate surface area is 118 Å². The van der Waals surface area contributed by atoms with Crippen molar-refractivity contribution >= 4 is 5.69 Å². The number of nitrogens with two attached hydrogens (primary N) is 1. The molecule has 0 radical (unpaired) electrons. The average molecular weight is 279 g/mol. The molecule has 0 unspecified atom stereocenters. The van der Waals surface area contributed by atoms with Gasteiger partial charge in [0.1, 0.15) is 17.3 Å². The minimum absolute atomic E-state index is 0.0690. The smallest absolute Gasteiger partial charge is 0.149 e. The van der Waals surface area contributed by atoms with Crippen molar-refractivity contribution in [3.05, 3.63) is 23.5 Å². The van der Waals surface area contributed by atoms with Crippen molar-refractivity contribution in [3.63, 3.8) is 0 Å². The highest BCUT2D eigenvalue weighted by atomic mass is 19.1. The van der Waals surface area contributed by atoms with Crippen LogP contribution in [0.2, 0.25) is 0 Å². The maximum Gasteiger partial charge on any atom is 0.149 e. The summed E-state index contributed by atoms with van der Waals surface area (Å²) in [6, 6.07) is 3.23. The van der Waals surface area contributed by atoms with Crippen LogP contribution in [0.5, 0.6) is 5.75 Å². The van der Waals surface area contributed by atoms with E-state index in [0.717, 1.165) is 31.7 Å². The zero-order chi connectivity index (χ0) is 14.1. The first kappa shape index (κ1) is 13.6. The summed E-state index contributed by atoms with van der Waals surface area (Å²) < 4.78 is 13.5. The van der Waals surface area contributed by atoms with Crippen molar-refractivity contribution in [2.75, 3.05) is 31.9 Å². The molecule has 0 spiro atoms. The van der Waals surface area contributed by atoms with Gasteiger partial charge in [0.15, 0.2) is 0 Å². The number of nitrogen functional groups attached to an aromatic ring is 1. The molecule has 1 heterocycles. The number of hydrogen-bond donors (Lipinski definition) is 3. The summed E-state index contributed by atoms with van der Waals surface area (Å²) in [5, 5.41) is 13.6. The molecule has 1 atom stereocenters. The normalized spacial score (nSPS) is 22.4. The molecule has 20 heavy (non-hydrogen) atoms. The predicted octanol–water partition coefficient (Wildman–Crippen LogP) is 1.86. The van der Waals surface area contributed by atoms with Crippen LogP contribution < -0.4 is 11.1 Å². The molecule has 2 fully saturated rings. The maximum atomic E-state index is 13.5. The first-order valence-corrected chi connectivity index (χ1v) is 7.40. The van der Waals surface area contributed by atoms with Crippen LogP contribution in [0, 0.1) is 11.7 Å². The number of anilines is 1. The SMILES string of the molecule is Nc1c(F)ccc([C@H](C2CCC2)N2CCNCC2)c1O. The van der Waals surface area contributed by atoms with E-state index >= 15 is 0 Å². The second-order valence-electron chi connectivity index (χ2n) is 5.82. The first-order chi connectivity index (χ1) is 9.68. The van der Waals surface area contributed by atoms with Crippen molar-refractivity contribution in [1.29, 1.82) is 0 Å². The predicted molar refractivity (Wildman–Crippen MR) is 77.0 cm³/mol. The Morgan fingerprint density at radius 1 is 1.30 bits per heavy atom. The summed E-state index contributed by atoms with van der Waals surface area (Å²) in [5.74, 6) is -0.0665. The molecule has 1 aromatic carbocycles. The van der Waals surface area contributed by atoms with Crippen molar-refractivity contribution in [2.45, 2.75) is 25.3 Å². The molecule has 0 aromatic heterocycles. The van der Waals surface area contributed by atoms with Crippen molar-refractivity contribution in [2.24, 2.45) is 5.92 Å². The fraction of sp³-hybridized carbons (Fsp3) is 0.600. The van der Waals surface area contributed by atoms with Crippen LogP contribution in [-0.2, 0) is 0 Å². The molecule has 0 amide bonds. The number of aromatic hydroxyl groups is 1.